The fraction of sp³-hybridized carbons (Fsp3) is 0. The van der Waals surface area contributed by atoms with Gasteiger partial charge in [-0.25, -0.2) is 0 Å². The molecular formula is H5AlOPSi. The van der Waals surface area contributed by atoms with E-state index in [1.165, 1.54) is 0 Å². The SMILES string of the molecule is O.P.[Al].[Si]. The summed E-state index contributed by atoms with van der Waals surface area (Å²) in [6, 6.07) is 0. The van der Waals surface area contributed by atoms with E-state index in [0.717, 1.165) is 0 Å². The molecule has 0 rings (SSSR count). The van der Waals surface area contributed by atoms with Crippen LogP contribution in [0.1, 0.15) is 0 Å². The summed E-state index contributed by atoms with van der Waals surface area (Å²) in [6.07, 6.45) is 0. The summed E-state index contributed by atoms with van der Waals surface area (Å²) >= 11 is 0. The van der Waals surface area contributed by atoms with Gasteiger partial charge in [0.2, 0.25) is 0 Å². The standard InChI is InChI=1S/Al.H2O.H3P.Si/h;1H2;1H3;. The molecule has 1 atom stereocenters. The van der Waals surface area contributed by atoms with Crippen molar-refractivity contribution in [2.45, 2.75) is 0 Å². The van der Waals surface area contributed by atoms with Gasteiger partial charge in [0, 0.05) is 28.3 Å². The van der Waals surface area contributed by atoms with E-state index in [0.29, 0.717) is 0 Å². The Kier molecular flexibility index (Phi) is 533. The lowest BCUT2D eigenvalue weighted by molar-refractivity contribution is 0.824. The maximum atomic E-state index is 0. The van der Waals surface area contributed by atoms with Crippen molar-refractivity contribution in [3.05, 3.63) is 0 Å². The maximum absolute atomic E-state index is 0. The molecule has 0 saturated heterocycles. The highest BCUT2D eigenvalue weighted by molar-refractivity contribution is 6.92. The van der Waals surface area contributed by atoms with Crippen LogP contribution in [0.3, 0.4) is 0 Å². The topological polar surface area (TPSA) is 31.5 Å². The zero-order valence-corrected chi connectivity index (χ0v) is 5.85. The fourth-order valence-electron chi connectivity index (χ4n) is 0. The van der Waals surface area contributed by atoms with Crippen LogP contribution in [0.4, 0.5) is 0 Å². The summed E-state index contributed by atoms with van der Waals surface area (Å²) in [7, 11) is 0. The van der Waals surface area contributed by atoms with Gasteiger partial charge in [-0.2, -0.15) is 9.90 Å². The zero-order chi connectivity index (χ0) is 0. The molecule has 0 aliphatic carbocycles. The predicted molar refractivity (Wildman–Crippen MR) is 26.2 cm³/mol. The quantitative estimate of drug-likeness (QED) is 0.266. The smallest absolute Gasteiger partial charge is 0 e. The Morgan fingerprint density at radius 3 is 1.00 bits per heavy atom. The molecule has 1 unspecified atom stereocenters. The third-order valence-corrected chi connectivity index (χ3v) is 0. The summed E-state index contributed by atoms with van der Waals surface area (Å²) < 4.78 is 0. The van der Waals surface area contributed by atoms with Crippen LogP contribution in [-0.2, 0) is 0 Å². The van der Waals surface area contributed by atoms with Crippen molar-refractivity contribution in [2.75, 3.05) is 0 Å². The minimum absolute atomic E-state index is 0. The summed E-state index contributed by atoms with van der Waals surface area (Å²) in [5.74, 6) is 0. The van der Waals surface area contributed by atoms with Crippen LogP contribution in [0.5, 0.6) is 0 Å². The van der Waals surface area contributed by atoms with Gasteiger partial charge in [-0.1, -0.05) is 0 Å². The monoisotopic (exact) mass is 107 g/mol. The van der Waals surface area contributed by atoms with Crippen molar-refractivity contribution in [1.29, 1.82) is 0 Å². The lowest BCUT2D eigenvalue weighted by Crippen LogP contribution is -0.382. The molecular weight excluding hydrogens is 102 g/mol. The van der Waals surface area contributed by atoms with Crippen molar-refractivity contribution in [2.24, 2.45) is 0 Å². The Morgan fingerprint density at radius 2 is 1.00 bits per heavy atom. The van der Waals surface area contributed by atoms with Gasteiger partial charge in [0.1, 0.15) is 0 Å². The first-order chi connectivity index (χ1) is 0. The van der Waals surface area contributed by atoms with Crippen LogP contribution in [0.2, 0.25) is 0 Å². The van der Waals surface area contributed by atoms with Gasteiger partial charge < -0.3 is 5.48 Å². The van der Waals surface area contributed by atoms with E-state index in [9.17, 15) is 0 Å². The van der Waals surface area contributed by atoms with E-state index >= 15 is 0 Å². The van der Waals surface area contributed by atoms with E-state index < -0.39 is 0 Å². The largest absolute Gasteiger partial charge is 0.412 e. The summed E-state index contributed by atoms with van der Waals surface area (Å²) in [4.78, 5) is 0. The van der Waals surface area contributed by atoms with Crippen LogP contribution in [0.25, 0.3) is 0 Å². The molecule has 0 aromatic rings. The second kappa shape index (κ2) is 31.4. The average molecular weight is 107 g/mol. The minimum atomic E-state index is 0. The molecule has 0 amide bonds. The van der Waals surface area contributed by atoms with Gasteiger partial charge in [0.15, 0.2) is 0 Å². The van der Waals surface area contributed by atoms with Gasteiger partial charge in [-0.3, -0.25) is 0 Å². The lowest BCUT2D eigenvalue weighted by Gasteiger charge is -0.412. The van der Waals surface area contributed by atoms with E-state index in [2.05, 4.69) is 0 Å². The highest BCUT2D eigenvalue weighted by Gasteiger charge is 0.00102. The highest BCUT2D eigenvalue weighted by Crippen LogP contribution is 0.861. The van der Waals surface area contributed by atoms with E-state index in [1.807, 2.05) is 0 Å². The Morgan fingerprint density at radius 1 is 1.00 bits per heavy atom. The first kappa shape index (κ1) is 67.8. The molecule has 0 heterocycles. The van der Waals surface area contributed by atoms with Gasteiger partial charge >= 0.3 is 0 Å². The molecule has 0 aromatic heterocycles. The van der Waals surface area contributed by atoms with Crippen molar-refractivity contribution < 1.29 is 5.48 Å². The van der Waals surface area contributed by atoms with Crippen molar-refractivity contribution in [3.8, 4) is 0 Å². The Labute approximate surface area is 44.2 Å². The highest BCUT2D eigenvalue weighted by atomic mass is 31.0. The molecule has 4 heavy (non-hydrogen) atoms. The van der Waals surface area contributed by atoms with E-state index in [4.69, 9.17) is 0 Å². The van der Waals surface area contributed by atoms with Gasteiger partial charge in [0.25, 0.3) is 0 Å². The van der Waals surface area contributed by atoms with Crippen molar-refractivity contribution in [1.82, 2.24) is 0 Å². The zero-order valence-electron chi connectivity index (χ0n) is 2.28. The number of hydrogen-bond donors (Lipinski definition) is 0. The third kappa shape index (κ3) is 11.1. The Bertz CT molecular complexity index is 8.00. The molecule has 0 aliphatic rings. The fourth-order valence-corrected chi connectivity index (χ4v) is 0. The molecule has 0 aliphatic heterocycles. The number of rotatable bonds is 0. The second-order valence-electron chi connectivity index (χ2n) is 0. The molecule has 1 nitrogen and oxygen atoms in total. The molecule has 23 valence electrons. The third-order valence-electron chi connectivity index (χ3n) is 0. The van der Waals surface area contributed by atoms with Gasteiger partial charge in [-0.05, 0) is 0 Å². The molecule has 2 N–H and O–H groups in total. The summed E-state index contributed by atoms with van der Waals surface area (Å²) in [5.41, 5.74) is 0. The maximum Gasteiger partial charge on any atom is 0 e. The Balaban J connectivity index is 0. The molecule has 0 saturated carbocycles. The van der Waals surface area contributed by atoms with E-state index in [1.54, 1.807) is 0 Å². The first-order valence-electron chi connectivity index (χ1n) is 0. The summed E-state index contributed by atoms with van der Waals surface area (Å²) in [6.45, 7) is 0. The summed E-state index contributed by atoms with van der Waals surface area (Å²) in [5, 5.41) is 0. The van der Waals surface area contributed by atoms with Crippen molar-refractivity contribution in [3.63, 3.8) is 0 Å². The molecule has 7 radical (unpaired) electrons. The van der Waals surface area contributed by atoms with Gasteiger partial charge in [0.05, 0.1) is 0 Å². The van der Waals surface area contributed by atoms with Crippen LogP contribution in [0, 0.1) is 0 Å². The molecule has 4 heteroatoms. The molecule has 0 aromatic carbocycles. The average Bonchev–Trinajstić information content (AvgIpc) is 0. The molecule has 0 bridgehead atoms. The van der Waals surface area contributed by atoms with E-state index in [-0.39, 0.29) is 43.7 Å². The van der Waals surface area contributed by atoms with Crippen molar-refractivity contribution >= 4 is 38.2 Å². The first-order valence-corrected chi connectivity index (χ1v) is 0. The minimum Gasteiger partial charge on any atom is -0.412 e. The van der Waals surface area contributed by atoms with Gasteiger partial charge in [-0.15, -0.1) is 0 Å². The molecule has 0 fully saturated rings. The number of hydrogen-bond acceptors (Lipinski definition) is 0. The predicted octanol–water partition coefficient (Wildman–Crippen LogP) is -1.53. The van der Waals surface area contributed by atoms with Crippen LogP contribution >= 0.6 is 9.90 Å². The molecule has 0 spiro atoms. The Hall–Kier alpha value is 1.14. The lowest BCUT2D eigenvalue weighted by atomic mass is 16.0. The van der Waals surface area contributed by atoms with Crippen LogP contribution in [0.15, 0.2) is 0 Å². The second-order valence-corrected chi connectivity index (χ2v) is 0. The van der Waals surface area contributed by atoms with Crippen LogP contribution < -0.4 is 0 Å². The van der Waals surface area contributed by atoms with Crippen LogP contribution in [-0.4, -0.2) is 33.8 Å². The normalized spacial score (nSPS) is 0.